The molecule has 6 nitrogen and oxygen atoms in total. The van der Waals surface area contributed by atoms with Gasteiger partial charge in [-0.05, 0) is 30.0 Å². The molecule has 0 spiro atoms. The van der Waals surface area contributed by atoms with Crippen LogP contribution in [0.1, 0.15) is 32.3 Å². The second-order valence-electron chi connectivity index (χ2n) is 6.84. The molecule has 0 bridgehead atoms. The lowest BCUT2D eigenvalue weighted by Crippen LogP contribution is -2.33. The van der Waals surface area contributed by atoms with Gasteiger partial charge in [-0.1, -0.05) is 19.9 Å². The molecule has 1 heterocycles. The Balaban J connectivity index is 1.93. The van der Waals surface area contributed by atoms with E-state index in [0.717, 1.165) is 12.0 Å². The van der Waals surface area contributed by atoms with Crippen LogP contribution in [0.15, 0.2) is 18.2 Å². The first kappa shape index (κ1) is 19.1. The Morgan fingerprint density at radius 2 is 2.00 bits per heavy atom. The minimum absolute atomic E-state index is 0.0128. The van der Waals surface area contributed by atoms with Crippen molar-refractivity contribution in [3.8, 4) is 11.5 Å². The van der Waals surface area contributed by atoms with E-state index in [0.29, 0.717) is 37.1 Å². The van der Waals surface area contributed by atoms with Crippen LogP contribution in [0.3, 0.4) is 0 Å². The van der Waals surface area contributed by atoms with E-state index in [9.17, 15) is 9.59 Å². The molecule has 1 aromatic rings. The summed E-state index contributed by atoms with van der Waals surface area (Å²) in [7, 11) is 3.17. The largest absolute Gasteiger partial charge is 0.493 e. The van der Waals surface area contributed by atoms with Crippen molar-refractivity contribution in [2.45, 2.75) is 33.2 Å². The van der Waals surface area contributed by atoms with Gasteiger partial charge in [0.05, 0.1) is 20.1 Å². The number of hydrogen-bond acceptors (Lipinski definition) is 4. The van der Waals surface area contributed by atoms with Crippen molar-refractivity contribution in [1.29, 1.82) is 0 Å². The first-order valence-electron chi connectivity index (χ1n) is 8.71. The summed E-state index contributed by atoms with van der Waals surface area (Å²) in [6.45, 7) is 5.83. The van der Waals surface area contributed by atoms with Crippen molar-refractivity contribution in [3.63, 3.8) is 0 Å². The molecule has 0 saturated carbocycles. The van der Waals surface area contributed by atoms with E-state index >= 15 is 0 Å². The van der Waals surface area contributed by atoms with Gasteiger partial charge in [0.1, 0.15) is 0 Å². The van der Waals surface area contributed by atoms with Crippen LogP contribution >= 0.6 is 0 Å². The molecule has 0 radical (unpaired) electrons. The number of rotatable bonds is 8. The predicted molar refractivity (Wildman–Crippen MR) is 95.5 cm³/mol. The van der Waals surface area contributed by atoms with E-state index in [4.69, 9.17) is 9.47 Å². The third-order valence-electron chi connectivity index (χ3n) is 4.43. The summed E-state index contributed by atoms with van der Waals surface area (Å²) in [5, 5.41) is 2.94. The van der Waals surface area contributed by atoms with Crippen LogP contribution in [0, 0.1) is 11.8 Å². The lowest BCUT2D eigenvalue weighted by atomic mass is 10.1. The first-order valence-corrected chi connectivity index (χ1v) is 8.71. The summed E-state index contributed by atoms with van der Waals surface area (Å²) < 4.78 is 10.5. The molecule has 6 heteroatoms. The highest BCUT2D eigenvalue weighted by Gasteiger charge is 2.34. The van der Waals surface area contributed by atoms with E-state index in [1.54, 1.807) is 19.1 Å². The van der Waals surface area contributed by atoms with Crippen molar-refractivity contribution in [1.82, 2.24) is 10.2 Å². The van der Waals surface area contributed by atoms with Gasteiger partial charge in [-0.25, -0.2) is 0 Å². The molecule has 0 aliphatic carbocycles. The second-order valence-corrected chi connectivity index (χ2v) is 6.84. The molecule has 1 N–H and O–H groups in total. The summed E-state index contributed by atoms with van der Waals surface area (Å²) in [6.07, 6.45) is 1.22. The van der Waals surface area contributed by atoms with E-state index < -0.39 is 0 Å². The normalized spacial score (nSPS) is 17.1. The summed E-state index contributed by atoms with van der Waals surface area (Å²) in [4.78, 5) is 26.2. The van der Waals surface area contributed by atoms with Crippen molar-refractivity contribution in [2.24, 2.45) is 11.8 Å². The number of ether oxygens (including phenoxy) is 2. The SMILES string of the molecule is COc1ccc(CN2CC(C(=O)NCCC(C)C)CC2=O)cc1OC. The topological polar surface area (TPSA) is 67.9 Å². The average molecular weight is 348 g/mol. The fraction of sp³-hybridized carbons (Fsp3) is 0.579. The first-order chi connectivity index (χ1) is 11.9. The van der Waals surface area contributed by atoms with Crippen molar-refractivity contribution >= 4 is 11.8 Å². The zero-order valence-corrected chi connectivity index (χ0v) is 15.5. The number of methoxy groups -OCH3 is 2. The Morgan fingerprint density at radius 1 is 1.28 bits per heavy atom. The molecule has 2 rings (SSSR count). The van der Waals surface area contributed by atoms with Crippen LogP contribution in [0.2, 0.25) is 0 Å². The van der Waals surface area contributed by atoms with Crippen molar-refractivity contribution in [2.75, 3.05) is 27.3 Å². The number of benzene rings is 1. The van der Waals surface area contributed by atoms with Crippen LogP contribution in [0.4, 0.5) is 0 Å². The molecule has 1 aliphatic rings. The molecular weight excluding hydrogens is 320 g/mol. The van der Waals surface area contributed by atoms with Gasteiger partial charge in [0.15, 0.2) is 11.5 Å². The maximum absolute atomic E-state index is 12.2. The van der Waals surface area contributed by atoms with E-state index in [1.807, 2.05) is 18.2 Å². The highest BCUT2D eigenvalue weighted by molar-refractivity contribution is 5.89. The van der Waals surface area contributed by atoms with Crippen molar-refractivity contribution < 1.29 is 19.1 Å². The maximum atomic E-state index is 12.2. The molecule has 1 fully saturated rings. The van der Waals surface area contributed by atoms with Crippen LogP contribution < -0.4 is 14.8 Å². The molecular formula is C19H28N2O4. The Bertz CT molecular complexity index is 615. The third kappa shape index (κ3) is 5.11. The smallest absolute Gasteiger partial charge is 0.225 e. The van der Waals surface area contributed by atoms with E-state index in [-0.39, 0.29) is 24.2 Å². The summed E-state index contributed by atoms with van der Waals surface area (Å²) in [5.74, 6) is 1.56. The second kappa shape index (κ2) is 8.74. The Kier molecular flexibility index (Phi) is 6.67. The van der Waals surface area contributed by atoms with Gasteiger partial charge in [0, 0.05) is 26.1 Å². The van der Waals surface area contributed by atoms with Gasteiger partial charge >= 0.3 is 0 Å². The molecule has 1 atom stereocenters. The van der Waals surface area contributed by atoms with Gasteiger partial charge in [-0.2, -0.15) is 0 Å². The van der Waals surface area contributed by atoms with Crippen LogP contribution in [0.25, 0.3) is 0 Å². The molecule has 1 aromatic carbocycles. The minimum atomic E-state index is -0.264. The quantitative estimate of drug-likeness (QED) is 0.782. The highest BCUT2D eigenvalue weighted by atomic mass is 16.5. The Hall–Kier alpha value is -2.24. The number of carbonyl (C=O) groups is 2. The van der Waals surface area contributed by atoms with Gasteiger partial charge in [0.25, 0.3) is 0 Å². The number of amides is 2. The number of hydrogen-bond donors (Lipinski definition) is 1. The number of likely N-dealkylation sites (tertiary alicyclic amines) is 1. The predicted octanol–water partition coefficient (Wildman–Crippen LogP) is 2.21. The van der Waals surface area contributed by atoms with Crippen LogP contribution in [0.5, 0.6) is 11.5 Å². The summed E-state index contributed by atoms with van der Waals surface area (Å²) in [6, 6.07) is 5.59. The monoisotopic (exact) mass is 348 g/mol. The molecule has 1 saturated heterocycles. The van der Waals surface area contributed by atoms with E-state index in [1.165, 1.54) is 0 Å². The lowest BCUT2D eigenvalue weighted by Gasteiger charge is -2.18. The molecule has 1 aliphatic heterocycles. The fourth-order valence-electron chi connectivity index (χ4n) is 2.93. The molecule has 2 amide bonds. The van der Waals surface area contributed by atoms with Gasteiger partial charge < -0.3 is 19.7 Å². The van der Waals surface area contributed by atoms with Gasteiger partial charge in [0.2, 0.25) is 11.8 Å². The third-order valence-corrected chi connectivity index (χ3v) is 4.43. The zero-order chi connectivity index (χ0) is 18.4. The average Bonchev–Trinajstić information content (AvgIpc) is 2.95. The standard InChI is InChI=1S/C19H28N2O4/c1-13(2)7-8-20-19(23)15-10-18(22)21(12-15)11-14-5-6-16(24-3)17(9-14)25-4/h5-6,9,13,15H,7-8,10-12H2,1-4H3,(H,20,23). The highest BCUT2D eigenvalue weighted by Crippen LogP contribution is 2.29. The van der Waals surface area contributed by atoms with E-state index in [2.05, 4.69) is 19.2 Å². The van der Waals surface area contributed by atoms with Crippen LogP contribution in [-0.2, 0) is 16.1 Å². The zero-order valence-electron chi connectivity index (χ0n) is 15.5. The summed E-state index contributed by atoms with van der Waals surface area (Å²) >= 11 is 0. The number of nitrogens with one attached hydrogen (secondary N) is 1. The Morgan fingerprint density at radius 3 is 2.64 bits per heavy atom. The number of nitrogens with zero attached hydrogens (tertiary/aromatic N) is 1. The molecule has 1 unspecified atom stereocenters. The Labute approximate surface area is 149 Å². The minimum Gasteiger partial charge on any atom is -0.493 e. The van der Waals surface area contributed by atoms with Crippen LogP contribution in [-0.4, -0.2) is 44.0 Å². The molecule has 25 heavy (non-hydrogen) atoms. The van der Waals surface area contributed by atoms with Gasteiger partial charge in [-0.15, -0.1) is 0 Å². The molecule has 138 valence electrons. The molecule has 0 aromatic heterocycles. The van der Waals surface area contributed by atoms with Gasteiger partial charge in [-0.3, -0.25) is 9.59 Å². The number of carbonyl (C=O) groups excluding carboxylic acids is 2. The van der Waals surface area contributed by atoms with Crippen molar-refractivity contribution in [3.05, 3.63) is 23.8 Å². The lowest BCUT2D eigenvalue weighted by molar-refractivity contribution is -0.129. The maximum Gasteiger partial charge on any atom is 0.225 e. The summed E-state index contributed by atoms with van der Waals surface area (Å²) in [5.41, 5.74) is 0.951. The fourth-order valence-corrected chi connectivity index (χ4v) is 2.93.